The van der Waals surface area contributed by atoms with Gasteiger partial charge < -0.3 is 0 Å². The van der Waals surface area contributed by atoms with E-state index < -0.39 is 0 Å². The minimum atomic E-state index is 0.540. The molecule has 1 aromatic heterocycles. The number of likely N-dealkylation sites (tertiary alicyclic amines) is 1. The highest BCUT2D eigenvalue weighted by Crippen LogP contribution is 2.51. The summed E-state index contributed by atoms with van der Waals surface area (Å²) in [6.45, 7) is 7.24. The summed E-state index contributed by atoms with van der Waals surface area (Å²) in [5, 5.41) is 4.43. The molecule has 0 N–H and O–H groups in total. The maximum Gasteiger partial charge on any atom is 0.0549 e. The SMILES string of the molecule is CCC(C)CN1CC[C@@H](n2cccn2)CC12CC2. The van der Waals surface area contributed by atoms with Gasteiger partial charge in [0.1, 0.15) is 0 Å². The highest BCUT2D eigenvalue weighted by Gasteiger charge is 2.51. The molecule has 2 heterocycles. The lowest BCUT2D eigenvalue weighted by Crippen LogP contribution is -2.46. The third-order valence-electron chi connectivity index (χ3n) is 4.97. The third-order valence-corrected chi connectivity index (χ3v) is 4.97. The van der Waals surface area contributed by atoms with Crippen LogP contribution in [0.25, 0.3) is 0 Å². The summed E-state index contributed by atoms with van der Waals surface area (Å²) in [5.74, 6) is 0.837. The predicted molar refractivity (Wildman–Crippen MR) is 73.5 cm³/mol. The minimum absolute atomic E-state index is 0.540. The molecule has 2 aliphatic rings. The average Bonchev–Trinajstić information content (AvgIpc) is 2.94. The van der Waals surface area contributed by atoms with Crippen molar-refractivity contribution in [1.82, 2.24) is 14.7 Å². The first-order chi connectivity index (χ1) is 8.73. The van der Waals surface area contributed by atoms with Gasteiger partial charge in [-0.2, -0.15) is 5.10 Å². The fourth-order valence-corrected chi connectivity index (χ4v) is 3.39. The summed E-state index contributed by atoms with van der Waals surface area (Å²) in [5.41, 5.74) is 0.540. The molecule has 3 rings (SSSR count). The van der Waals surface area contributed by atoms with Crippen molar-refractivity contribution in [2.24, 2.45) is 5.92 Å². The summed E-state index contributed by atoms with van der Waals surface area (Å²) in [6, 6.07) is 2.68. The van der Waals surface area contributed by atoms with Crippen LogP contribution >= 0.6 is 0 Å². The second-order valence-corrected chi connectivity index (χ2v) is 6.32. The highest BCUT2D eigenvalue weighted by atomic mass is 15.3. The Balaban J connectivity index is 1.66. The lowest BCUT2D eigenvalue weighted by molar-refractivity contribution is 0.0781. The molecular formula is C15H25N3. The van der Waals surface area contributed by atoms with E-state index in [1.54, 1.807) is 0 Å². The molecule has 3 nitrogen and oxygen atoms in total. The van der Waals surface area contributed by atoms with E-state index in [0.29, 0.717) is 11.6 Å². The van der Waals surface area contributed by atoms with Crippen LogP contribution in [0.1, 0.15) is 52.0 Å². The quantitative estimate of drug-likeness (QED) is 0.815. The van der Waals surface area contributed by atoms with Gasteiger partial charge in [-0.05, 0) is 37.7 Å². The molecule has 1 unspecified atom stereocenters. The Morgan fingerprint density at radius 2 is 2.28 bits per heavy atom. The molecule has 100 valence electrons. The highest BCUT2D eigenvalue weighted by molar-refractivity contribution is 5.08. The van der Waals surface area contributed by atoms with Crippen molar-refractivity contribution in [3.63, 3.8) is 0 Å². The van der Waals surface area contributed by atoms with Crippen molar-refractivity contribution in [1.29, 1.82) is 0 Å². The predicted octanol–water partition coefficient (Wildman–Crippen LogP) is 3.10. The van der Waals surface area contributed by atoms with Gasteiger partial charge in [-0.3, -0.25) is 9.58 Å². The third kappa shape index (κ3) is 2.20. The van der Waals surface area contributed by atoms with E-state index in [0.717, 1.165) is 5.92 Å². The summed E-state index contributed by atoms with van der Waals surface area (Å²) in [6.07, 6.45) is 10.7. The molecule has 1 aliphatic heterocycles. The molecule has 0 amide bonds. The fourth-order valence-electron chi connectivity index (χ4n) is 3.39. The first kappa shape index (κ1) is 12.2. The van der Waals surface area contributed by atoms with Crippen molar-refractivity contribution in [3.05, 3.63) is 18.5 Å². The number of piperidine rings is 1. The van der Waals surface area contributed by atoms with Gasteiger partial charge in [0.15, 0.2) is 0 Å². The second-order valence-electron chi connectivity index (χ2n) is 6.32. The van der Waals surface area contributed by atoms with E-state index in [-0.39, 0.29) is 0 Å². The van der Waals surface area contributed by atoms with Crippen LogP contribution in [-0.4, -0.2) is 33.3 Å². The molecule has 0 bridgehead atoms. The van der Waals surface area contributed by atoms with Crippen LogP contribution in [0.5, 0.6) is 0 Å². The van der Waals surface area contributed by atoms with Crippen LogP contribution in [-0.2, 0) is 0 Å². The Bertz CT molecular complexity index is 380. The topological polar surface area (TPSA) is 21.1 Å². The number of hydrogen-bond donors (Lipinski definition) is 0. The zero-order chi connectivity index (χ0) is 12.6. The van der Waals surface area contributed by atoms with Crippen molar-refractivity contribution in [3.8, 4) is 0 Å². The molecular weight excluding hydrogens is 222 g/mol. The van der Waals surface area contributed by atoms with Gasteiger partial charge in [-0.1, -0.05) is 20.3 Å². The van der Waals surface area contributed by atoms with Gasteiger partial charge in [0.05, 0.1) is 6.04 Å². The van der Waals surface area contributed by atoms with E-state index >= 15 is 0 Å². The Kier molecular flexibility index (Phi) is 3.18. The Morgan fingerprint density at radius 1 is 1.44 bits per heavy atom. The molecule has 1 saturated carbocycles. The normalized spacial score (nSPS) is 28.4. The Morgan fingerprint density at radius 3 is 2.89 bits per heavy atom. The van der Waals surface area contributed by atoms with Gasteiger partial charge in [0, 0.05) is 31.0 Å². The van der Waals surface area contributed by atoms with Gasteiger partial charge >= 0.3 is 0 Å². The first-order valence-electron chi connectivity index (χ1n) is 7.48. The lowest BCUT2D eigenvalue weighted by atomic mass is 9.93. The number of aromatic nitrogens is 2. The molecule has 18 heavy (non-hydrogen) atoms. The molecule has 1 spiro atoms. The van der Waals surface area contributed by atoms with Crippen LogP contribution in [0, 0.1) is 5.92 Å². The zero-order valence-corrected chi connectivity index (χ0v) is 11.7. The molecule has 2 fully saturated rings. The number of hydrogen-bond acceptors (Lipinski definition) is 2. The van der Waals surface area contributed by atoms with Crippen LogP contribution in [0.2, 0.25) is 0 Å². The number of nitrogens with zero attached hydrogens (tertiary/aromatic N) is 3. The molecule has 1 aromatic rings. The second kappa shape index (κ2) is 4.69. The Labute approximate surface area is 110 Å². The molecule has 1 aliphatic carbocycles. The van der Waals surface area contributed by atoms with Crippen LogP contribution in [0.4, 0.5) is 0 Å². The standard InChI is InChI=1S/C15H25N3/c1-3-13(2)12-17-10-5-14(11-15(17)6-7-15)18-9-4-8-16-18/h4,8-9,13-14H,3,5-7,10-12H2,1-2H3/t13?,14-/m1/s1. The molecule has 0 aromatic carbocycles. The van der Waals surface area contributed by atoms with Crippen molar-refractivity contribution in [2.75, 3.05) is 13.1 Å². The molecule has 1 saturated heterocycles. The van der Waals surface area contributed by atoms with Crippen LogP contribution < -0.4 is 0 Å². The summed E-state index contributed by atoms with van der Waals surface area (Å²) in [7, 11) is 0. The monoisotopic (exact) mass is 247 g/mol. The molecule has 2 atom stereocenters. The Hall–Kier alpha value is -0.830. The average molecular weight is 247 g/mol. The van der Waals surface area contributed by atoms with Crippen molar-refractivity contribution in [2.45, 2.75) is 57.5 Å². The van der Waals surface area contributed by atoms with Crippen LogP contribution in [0.3, 0.4) is 0 Å². The van der Waals surface area contributed by atoms with E-state index in [9.17, 15) is 0 Å². The summed E-state index contributed by atoms with van der Waals surface area (Å²) in [4.78, 5) is 2.78. The van der Waals surface area contributed by atoms with Gasteiger partial charge in [0.2, 0.25) is 0 Å². The van der Waals surface area contributed by atoms with Crippen molar-refractivity contribution >= 4 is 0 Å². The van der Waals surface area contributed by atoms with Gasteiger partial charge in [-0.15, -0.1) is 0 Å². The first-order valence-corrected chi connectivity index (χ1v) is 7.48. The smallest absolute Gasteiger partial charge is 0.0549 e. The van der Waals surface area contributed by atoms with Crippen LogP contribution in [0.15, 0.2) is 18.5 Å². The maximum absolute atomic E-state index is 4.43. The number of rotatable bonds is 4. The van der Waals surface area contributed by atoms with E-state index in [1.807, 2.05) is 12.3 Å². The van der Waals surface area contributed by atoms with E-state index in [2.05, 4.69) is 34.7 Å². The fraction of sp³-hybridized carbons (Fsp3) is 0.800. The lowest BCUT2D eigenvalue weighted by Gasteiger charge is -2.41. The van der Waals surface area contributed by atoms with Gasteiger partial charge in [-0.25, -0.2) is 0 Å². The van der Waals surface area contributed by atoms with E-state index in [1.165, 1.54) is 45.2 Å². The summed E-state index contributed by atoms with van der Waals surface area (Å²) < 4.78 is 2.18. The molecule has 0 radical (unpaired) electrons. The maximum atomic E-state index is 4.43. The summed E-state index contributed by atoms with van der Waals surface area (Å²) >= 11 is 0. The van der Waals surface area contributed by atoms with E-state index in [4.69, 9.17) is 0 Å². The zero-order valence-electron chi connectivity index (χ0n) is 11.7. The van der Waals surface area contributed by atoms with Crippen molar-refractivity contribution < 1.29 is 0 Å². The molecule has 3 heteroatoms. The largest absolute Gasteiger partial charge is 0.297 e. The minimum Gasteiger partial charge on any atom is -0.297 e. The van der Waals surface area contributed by atoms with Gasteiger partial charge in [0.25, 0.3) is 0 Å².